The van der Waals surface area contributed by atoms with E-state index in [9.17, 15) is 19.2 Å². The Hall–Kier alpha value is -7.06. The van der Waals surface area contributed by atoms with Crippen LogP contribution in [0.2, 0.25) is 0 Å². The third-order valence-corrected chi connectivity index (χ3v) is 9.94. The third-order valence-electron chi connectivity index (χ3n) is 9.94. The standard InChI is InChI=1S/C42H53N13O7/c1-6-46-31(19-25(3)43)39(58)49-41-47-29-21-27(37(44)56)23-33(60-5)35(29)53(41)12-8-9-13-54-36-30(48-42(54)50-40(59)32-20-26(4)51-55(32)7-2)22-28(38(45)57)24-34(36)62-16-10-11-52-14-17-61-18-15-52/h8-9,19-24H,6-7,10-18,43H2,1-5H3,(H2,44,56)(H2,45,57)(H,47,49,58)(H,48,50,59)/b9-8+,25-19?,46-31?. The summed E-state index contributed by atoms with van der Waals surface area (Å²) in [6, 6.07) is 7.85. The molecule has 1 fully saturated rings. The summed E-state index contributed by atoms with van der Waals surface area (Å²) in [5.74, 6) is -1.35. The number of allylic oxidation sites excluding steroid dienone is 3. The lowest BCUT2D eigenvalue weighted by molar-refractivity contribution is -0.110. The number of carbonyl (C=O) groups is 4. The Labute approximate surface area is 357 Å². The Kier molecular flexibility index (Phi) is 14.4. The predicted octanol–water partition coefficient (Wildman–Crippen LogP) is 2.99. The summed E-state index contributed by atoms with van der Waals surface area (Å²) >= 11 is 0. The number of morpholine rings is 1. The molecule has 20 heteroatoms. The van der Waals surface area contributed by atoms with E-state index in [1.54, 1.807) is 52.8 Å². The van der Waals surface area contributed by atoms with Crippen LogP contribution in [0.3, 0.4) is 0 Å². The number of aliphatic imine (C=N–C) groups is 1. The topological polar surface area (TPSA) is 267 Å². The minimum atomic E-state index is -0.681. The summed E-state index contributed by atoms with van der Waals surface area (Å²) in [4.78, 5) is 68.1. The molecule has 4 amide bonds. The van der Waals surface area contributed by atoms with Gasteiger partial charge >= 0.3 is 0 Å². The van der Waals surface area contributed by atoms with Crippen molar-refractivity contribution in [3.8, 4) is 11.5 Å². The molecule has 62 heavy (non-hydrogen) atoms. The molecule has 20 nitrogen and oxygen atoms in total. The van der Waals surface area contributed by atoms with Crippen LogP contribution in [-0.4, -0.2) is 116 Å². The number of hydrogen-bond donors (Lipinski definition) is 5. The summed E-state index contributed by atoms with van der Waals surface area (Å²) in [5, 5.41) is 10.2. The minimum Gasteiger partial charge on any atom is -0.494 e. The first kappa shape index (κ1) is 44.5. The Morgan fingerprint density at radius 3 is 2.03 bits per heavy atom. The van der Waals surface area contributed by atoms with Crippen LogP contribution in [0.4, 0.5) is 11.9 Å². The van der Waals surface area contributed by atoms with Crippen LogP contribution in [0.25, 0.3) is 22.1 Å². The number of methoxy groups -OCH3 is 1. The molecule has 0 radical (unpaired) electrons. The lowest BCUT2D eigenvalue weighted by Gasteiger charge is -2.26. The highest BCUT2D eigenvalue weighted by molar-refractivity contribution is 6.47. The first-order chi connectivity index (χ1) is 29.8. The molecule has 0 bridgehead atoms. The Morgan fingerprint density at radius 1 is 0.871 bits per heavy atom. The van der Waals surface area contributed by atoms with E-state index in [-0.39, 0.29) is 41.8 Å². The number of ether oxygens (including phenoxy) is 3. The maximum atomic E-state index is 13.8. The second-order valence-corrected chi connectivity index (χ2v) is 14.5. The lowest BCUT2D eigenvalue weighted by Crippen LogP contribution is -2.37. The number of nitrogens with one attached hydrogen (secondary N) is 2. The number of imidazole rings is 2. The number of hydrogen-bond acceptors (Lipinski definition) is 13. The second kappa shape index (κ2) is 20.0. The molecule has 6 rings (SSSR count). The van der Waals surface area contributed by atoms with Gasteiger partial charge in [-0.15, -0.1) is 0 Å². The van der Waals surface area contributed by atoms with Gasteiger partial charge in [-0.25, -0.2) is 9.97 Å². The van der Waals surface area contributed by atoms with Gasteiger partial charge in [-0.3, -0.25) is 44.4 Å². The molecule has 328 valence electrons. The molecule has 0 spiro atoms. The molecule has 0 atom stereocenters. The highest BCUT2D eigenvalue weighted by atomic mass is 16.5. The van der Waals surface area contributed by atoms with Crippen molar-refractivity contribution in [3.05, 3.63) is 76.8 Å². The molecule has 0 saturated carbocycles. The number of anilines is 2. The molecule has 4 heterocycles. The molecule has 1 aliphatic rings. The predicted molar refractivity (Wildman–Crippen MR) is 235 cm³/mol. The zero-order valence-corrected chi connectivity index (χ0v) is 35.6. The number of fused-ring (bicyclic) bond motifs is 2. The molecule has 3 aromatic heterocycles. The largest absolute Gasteiger partial charge is 0.494 e. The van der Waals surface area contributed by atoms with E-state index in [1.165, 1.54) is 25.3 Å². The zero-order chi connectivity index (χ0) is 44.5. The van der Waals surface area contributed by atoms with Crippen LogP contribution in [0.1, 0.15) is 64.1 Å². The van der Waals surface area contributed by atoms with E-state index in [0.29, 0.717) is 90.0 Å². The van der Waals surface area contributed by atoms with E-state index in [2.05, 4.69) is 30.6 Å². The Balaban J connectivity index is 1.39. The maximum Gasteiger partial charge on any atom is 0.276 e. The van der Waals surface area contributed by atoms with E-state index in [1.807, 2.05) is 19.1 Å². The number of primary amides is 2. The second-order valence-electron chi connectivity index (χ2n) is 14.5. The van der Waals surface area contributed by atoms with Crippen molar-refractivity contribution in [3.63, 3.8) is 0 Å². The molecule has 5 aromatic rings. The van der Waals surface area contributed by atoms with E-state index in [0.717, 1.165) is 19.6 Å². The van der Waals surface area contributed by atoms with E-state index in [4.69, 9.17) is 36.4 Å². The van der Waals surface area contributed by atoms with Crippen molar-refractivity contribution in [1.29, 1.82) is 0 Å². The van der Waals surface area contributed by atoms with Crippen LogP contribution in [0.5, 0.6) is 11.5 Å². The van der Waals surface area contributed by atoms with Gasteiger partial charge in [-0.05, 0) is 70.5 Å². The van der Waals surface area contributed by atoms with Crippen LogP contribution in [-0.2, 0) is 29.2 Å². The number of rotatable bonds is 19. The number of nitrogens with zero attached hydrogens (tertiary/aromatic N) is 8. The van der Waals surface area contributed by atoms with Crippen molar-refractivity contribution in [2.45, 2.75) is 53.8 Å². The normalized spacial score (nSPS) is 13.9. The van der Waals surface area contributed by atoms with Gasteiger partial charge in [-0.2, -0.15) is 5.10 Å². The average Bonchev–Trinajstić information content (AvgIpc) is 3.92. The van der Waals surface area contributed by atoms with Crippen molar-refractivity contribution >= 4 is 63.3 Å². The van der Waals surface area contributed by atoms with E-state index >= 15 is 0 Å². The average molecular weight is 852 g/mol. The smallest absolute Gasteiger partial charge is 0.276 e. The highest BCUT2D eigenvalue weighted by Crippen LogP contribution is 2.33. The van der Waals surface area contributed by atoms with Gasteiger partial charge in [0.25, 0.3) is 11.8 Å². The van der Waals surface area contributed by atoms with Gasteiger partial charge in [0, 0.05) is 62.6 Å². The van der Waals surface area contributed by atoms with E-state index < -0.39 is 23.6 Å². The van der Waals surface area contributed by atoms with Crippen molar-refractivity contribution in [1.82, 2.24) is 33.8 Å². The third kappa shape index (κ3) is 10.3. The molecular weight excluding hydrogens is 799 g/mol. The Bertz CT molecular complexity index is 2570. The molecule has 0 aliphatic carbocycles. The number of benzene rings is 2. The molecule has 0 unspecified atom stereocenters. The first-order valence-electron chi connectivity index (χ1n) is 20.3. The molecule has 1 aliphatic heterocycles. The number of amides is 4. The van der Waals surface area contributed by atoms with Crippen LogP contribution < -0.4 is 37.3 Å². The van der Waals surface area contributed by atoms with Crippen LogP contribution in [0, 0.1) is 6.92 Å². The fourth-order valence-corrected chi connectivity index (χ4v) is 7.08. The number of aromatic nitrogens is 6. The van der Waals surface area contributed by atoms with Gasteiger partial charge < -0.3 is 40.5 Å². The van der Waals surface area contributed by atoms with Crippen molar-refractivity contribution < 1.29 is 33.4 Å². The zero-order valence-electron chi connectivity index (χ0n) is 35.6. The fourth-order valence-electron chi connectivity index (χ4n) is 7.08. The molecule has 8 N–H and O–H groups in total. The number of aryl methyl sites for hydroxylation is 2. The summed E-state index contributed by atoms with van der Waals surface area (Å²) in [7, 11) is 1.45. The maximum absolute atomic E-state index is 13.8. The lowest BCUT2D eigenvalue weighted by atomic mass is 10.1. The number of nitrogens with two attached hydrogens (primary N) is 3. The van der Waals surface area contributed by atoms with Crippen LogP contribution >= 0.6 is 0 Å². The minimum absolute atomic E-state index is 0.101. The van der Waals surface area contributed by atoms with Gasteiger partial charge in [0.15, 0.2) is 0 Å². The molecule has 1 saturated heterocycles. The summed E-state index contributed by atoms with van der Waals surface area (Å²) in [5.41, 5.74) is 20.9. The Morgan fingerprint density at radius 2 is 1.47 bits per heavy atom. The van der Waals surface area contributed by atoms with Gasteiger partial charge in [0.1, 0.15) is 33.9 Å². The van der Waals surface area contributed by atoms with Gasteiger partial charge in [0.2, 0.25) is 23.7 Å². The number of carbonyl (C=O) groups excluding carboxylic acids is 4. The molecule has 2 aromatic carbocycles. The summed E-state index contributed by atoms with van der Waals surface area (Å²) in [6.07, 6.45) is 5.84. The van der Waals surface area contributed by atoms with Gasteiger partial charge in [0.05, 0.1) is 43.7 Å². The quantitative estimate of drug-likeness (QED) is 0.0456. The molecular formula is C42H53N13O7. The van der Waals surface area contributed by atoms with Crippen LogP contribution in [0.15, 0.2) is 59.2 Å². The highest BCUT2D eigenvalue weighted by Gasteiger charge is 2.23. The van der Waals surface area contributed by atoms with Crippen molar-refractivity contribution in [2.75, 3.05) is 63.7 Å². The SMILES string of the molecule is CCN=C(C=C(C)N)C(=O)Nc1nc2cc(C(N)=O)cc(OC)c2n1C/C=C/Cn1c(NC(=O)c2cc(C)nn2CC)nc2cc(C(N)=O)cc(OCCCN3CCOCC3)c21. The summed E-state index contributed by atoms with van der Waals surface area (Å²) in [6.45, 7) is 12.4. The first-order valence-corrected chi connectivity index (χ1v) is 20.3. The van der Waals surface area contributed by atoms with Crippen molar-refractivity contribution in [2.24, 2.45) is 22.2 Å². The summed E-state index contributed by atoms with van der Waals surface area (Å²) < 4.78 is 22.6. The monoisotopic (exact) mass is 851 g/mol. The van der Waals surface area contributed by atoms with Gasteiger partial charge in [-0.1, -0.05) is 12.2 Å². The fraction of sp³-hybridized carbons (Fsp3) is 0.381.